The Balaban J connectivity index is 1.99. The molecular formula is C16H16ClIN2O. The summed E-state index contributed by atoms with van der Waals surface area (Å²) < 4.78 is 0.882. The number of benzene rings is 2. The Kier molecular flexibility index (Phi) is 6.02. The number of hydrogen-bond acceptors (Lipinski definition) is 2. The van der Waals surface area contributed by atoms with E-state index < -0.39 is 0 Å². The summed E-state index contributed by atoms with van der Waals surface area (Å²) in [5.41, 5.74) is 8.38. The number of nitrogens with one attached hydrogen (secondary N) is 1. The van der Waals surface area contributed by atoms with Crippen LogP contribution in [0.25, 0.3) is 0 Å². The highest BCUT2D eigenvalue weighted by Gasteiger charge is 2.10. The van der Waals surface area contributed by atoms with Gasteiger partial charge in [0.15, 0.2) is 0 Å². The lowest BCUT2D eigenvalue weighted by atomic mass is 10.1. The van der Waals surface area contributed by atoms with E-state index in [-0.39, 0.29) is 5.91 Å². The summed E-state index contributed by atoms with van der Waals surface area (Å²) in [6, 6.07) is 13.4. The zero-order valence-corrected chi connectivity index (χ0v) is 14.3. The van der Waals surface area contributed by atoms with E-state index in [1.54, 1.807) is 12.1 Å². The third kappa shape index (κ3) is 4.69. The van der Waals surface area contributed by atoms with Gasteiger partial charge in [-0.3, -0.25) is 4.79 Å². The van der Waals surface area contributed by atoms with E-state index in [4.69, 9.17) is 17.3 Å². The van der Waals surface area contributed by atoms with E-state index >= 15 is 0 Å². The second kappa shape index (κ2) is 7.77. The summed E-state index contributed by atoms with van der Waals surface area (Å²) in [6.07, 6.45) is 0.868. The molecule has 0 atom stereocenters. The number of rotatable bonds is 5. The lowest BCUT2D eigenvalue weighted by molar-refractivity contribution is 0.0950. The van der Waals surface area contributed by atoms with Crippen LogP contribution in [0.3, 0.4) is 0 Å². The van der Waals surface area contributed by atoms with Gasteiger partial charge in [0, 0.05) is 15.1 Å². The predicted octanol–water partition coefficient (Wildman–Crippen LogP) is 3.38. The number of nitrogens with two attached hydrogens (primary N) is 1. The van der Waals surface area contributed by atoms with Gasteiger partial charge in [-0.25, -0.2) is 0 Å². The first-order chi connectivity index (χ1) is 10.1. The standard InChI is InChI=1S/C16H16ClIN2O/c17-13-5-6-15(18)14(9-13)16(21)20-10-12-3-1-11(2-4-12)7-8-19/h1-6,9H,7-8,10,19H2,(H,20,21). The molecule has 0 aromatic heterocycles. The smallest absolute Gasteiger partial charge is 0.252 e. The lowest BCUT2D eigenvalue weighted by Gasteiger charge is -2.08. The van der Waals surface area contributed by atoms with Gasteiger partial charge in [-0.1, -0.05) is 35.9 Å². The van der Waals surface area contributed by atoms with Gasteiger partial charge < -0.3 is 11.1 Å². The second-order valence-electron chi connectivity index (χ2n) is 4.66. The van der Waals surface area contributed by atoms with Gasteiger partial charge in [0.2, 0.25) is 0 Å². The fourth-order valence-corrected chi connectivity index (χ4v) is 2.69. The Bertz CT molecular complexity index is 629. The van der Waals surface area contributed by atoms with Crippen molar-refractivity contribution in [3.63, 3.8) is 0 Å². The summed E-state index contributed by atoms with van der Waals surface area (Å²) in [5.74, 6) is -0.118. The van der Waals surface area contributed by atoms with Gasteiger partial charge >= 0.3 is 0 Å². The van der Waals surface area contributed by atoms with Gasteiger partial charge in [0.25, 0.3) is 5.91 Å². The maximum atomic E-state index is 12.2. The predicted molar refractivity (Wildman–Crippen MR) is 94.5 cm³/mol. The quantitative estimate of drug-likeness (QED) is 0.737. The largest absolute Gasteiger partial charge is 0.348 e. The molecule has 0 unspecified atom stereocenters. The van der Waals surface area contributed by atoms with E-state index in [0.717, 1.165) is 15.6 Å². The molecular weight excluding hydrogens is 399 g/mol. The molecule has 0 aliphatic carbocycles. The minimum absolute atomic E-state index is 0.118. The normalized spacial score (nSPS) is 10.4. The van der Waals surface area contributed by atoms with Crippen LogP contribution < -0.4 is 11.1 Å². The highest BCUT2D eigenvalue weighted by atomic mass is 127. The van der Waals surface area contributed by atoms with Crippen LogP contribution >= 0.6 is 34.2 Å². The molecule has 21 heavy (non-hydrogen) atoms. The van der Waals surface area contributed by atoms with E-state index in [1.165, 1.54) is 5.56 Å². The summed E-state index contributed by atoms with van der Waals surface area (Å²) in [7, 11) is 0. The molecule has 3 N–H and O–H groups in total. The molecule has 0 heterocycles. The molecule has 0 bridgehead atoms. The maximum Gasteiger partial charge on any atom is 0.252 e. The Morgan fingerprint density at radius 3 is 2.48 bits per heavy atom. The van der Waals surface area contributed by atoms with Crippen LogP contribution in [-0.4, -0.2) is 12.5 Å². The fourth-order valence-electron chi connectivity index (χ4n) is 1.94. The molecule has 2 aromatic carbocycles. The third-order valence-electron chi connectivity index (χ3n) is 3.08. The average Bonchev–Trinajstić information content (AvgIpc) is 2.49. The summed E-state index contributed by atoms with van der Waals surface area (Å²) in [6.45, 7) is 1.13. The number of carbonyl (C=O) groups excluding carboxylic acids is 1. The monoisotopic (exact) mass is 414 g/mol. The Morgan fingerprint density at radius 1 is 1.14 bits per heavy atom. The molecule has 110 valence electrons. The average molecular weight is 415 g/mol. The summed E-state index contributed by atoms with van der Waals surface area (Å²) in [5, 5.41) is 3.47. The lowest BCUT2D eigenvalue weighted by Crippen LogP contribution is -2.23. The van der Waals surface area contributed by atoms with E-state index in [9.17, 15) is 4.79 Å². The zero-order valence-electron chi connectivity index (χ0n) is 11.4. The van der Waals surface area contributed by atoms with Gasteiger partial charge in [-0.15, -0.1) is 0 Å². The maximum absolute atomic E-state index is 12.2. The van der Waals surface area contributed by atoms with Gasteiger partial charge in [-0.2, -0.15) is 0 Å². The van der Waals surface area contributed by atoms with Crippen molar-refractivity contribution < 1.29 is 4.79 Å². The van der Waals surface area contributed by atoms with Crippen molar-refractivity contribution in [3.05, 3.63) is 67.7 Å². The highest BCUT2D eigenvalue weighted by molar-refractivity contribution is 14.1. The molecule has 0 saturated heterocycles. The van der Waals surface area contributed by atoms with Crippen molar-refractivity contribution in [2.45, 2.75) is 13.0 Å². The Hall–Kier alpha value is -1.11. The van der Waals surface area contributed by atoms with Crippen molar-refractivity contribution >= 4 is 40.1 Å². The van der Waals surface area contributed by atoms with Crippen LogP contribution in [0.15, 0.2) is 42.5 Å². The third-order valence-corrected chi connectivity index (χ3v) is 4.26. The van der Waals surface area contributed by atoms with Crippen LogP contribution in [0, 0.1) is 3.57 Å². The minimum Gasteiger partial charge on any atom is -0.348 e. The molecule has 1 amide bonds. The van der Waals surface area contributed by atoms with Crippen LogP contribution in [0.5, 0.6) is 0 Å². The number of amides is 1. The van der Waals surface area contributed by atoms with Crippen molar-refractivity contribution in [2.75, 3.05) is 6.54 Å². The van der Waals surface area contributed by atoms with Gasteiger partial charge in [0.1, 0.15) is 0 Å². The van der Waals surface area contributed by atoms with E-state index in [1.807, 2.05) is 30.3 Å². The van der Waals surface area contributed by atoms with Crippen LogP contribution in [0.4, 0.5) is 0 Å². The molecule has 0 radical (unpaired) electrons. The summed E-state index contributed by atoms with van der Waals surface area (Å²) in [4.78, 5) is 12.2. The topological polar surface area (TPSA) is 55.1 Å². The second-order valence-corrected chi connectivity index (χ2v) is 6.26. The molecule has 0 spiro atoms. The number of carbonyl (C=O) groups is 1. The van der Waals surface area contributed by atoms with Gasteiger partial charge in [0.05, 0.1) is 5.56 Å². The first kappa shape index (κ1) is 16.3. The SMILES string of the molecule is NCCc1ccc(CNC(=O)c2cc(Cl)ccc2I)cc1. The summed E-state index contributed by atoms with van der Waals surface area (Å²) >= 11 is 8.06. The Labute approximate surface area is 143 Å². The highest BCUT2D eigenvalue weighted by Crippen LogP contribution is 2.18. The number of halogens is 2. The molecule has 2 rings (SSSR count). The zero-order chi connectivity index (χ0) is 15.2. The van der Waals surface area contributed by atoms with Crippen LogP contribution in [0.1, 0.15) is 21.5 Å². The number of hydrogen-bond donors (Lipinski definition) is 2. The molecule has 0 saturated carbocycles. The van der Waals surface area contributed by atoms with Crippen LogP contribution in [-0.2, 0) is 13.0 Å². The van der Waals surface area contributed by atoms with Crippen LogP contribution in [0.2, 0.25) is 5.02 Å². The van der Waals surface area contributed by atoms with Crippen molar-refractivity contribution in [1.82, 2.24) is 5.32 Å². The van der Waals surface area contributed by atoms with Crippen molar-refractivity contribution in [3.8, 4) is 0 Å². The van der Waals surface area contributed by atoms with E-state index in [2.05, 4.69) is 27.9 Å². The molecule has 0 aliphatic heterocycles. The Morgan fingerprint density at radius 2 is 1.81 bits per heavy atom. The van der Waals surface area contributed by atoms with Crippen molar-refractivity contribution in [2.24, 2.45) is 5.73 Å². The van der Waals surface area contributed by atoms with Gasteiger partial charge in [-0.05, 0) is 64.9 Å². The first-order valence-corrected chi connectivity index (χ1v) is 8.07. The minimum atomic E-state index is -0.118. The fraction of sp³-hybridized carbons (Fsp3) is 0.188. The molecule has 5 heteroatoms. The molecule has 0 aliphatic rings. The molecule has 0 fully saturated rings. The van der Waals surface area contributed by atoms with Crippen molar-refractivity contribution in [1.29, 1.82) is 0 Å². The van der Waals surface area contributed by atoms with E-state index in [0.29, 0.717) is 23.7 Å². The molecule has 2 aromatic rings. The molecule has 3 nitrogen and oxygen atoms in total. The first-order valence-electron chi connectivity index (χ1n) is 6.61.